The number of fused-ring (bicyclic) bond motifs is 1. The summed E-state index contributed by atoms with van der Waals surface area (Å²) >= 11 is 0. The molecule has 0 spiro atoms. The van der Waals surface area contributed by atoms with Crippen LogP contribution in [0.25, 0.3) is 0 Å². The number of hydrogen-bond acceptors (Lipinski definition) is 7. The number of rotatable bonds is 3. The third-order valence-electron chi connectivity index (χ3n) is 4.03. The van der Waals surface area contributed by atoms with Crippen LogP contribution in [0.3, 0.4) is 0 Å². The average Bonchev–Trinajstić information content (AvgIpc) is 3.17. The van der Waals surface area contributed by atoms with E-state index in [4.69, 9.17) is 10.6 Å². The summed E-state index contributed by atoms with van der Waals surface area (Å²) in [6.07, 6.45) is 5.31. The van der Waals surface area contributed by atoms with Gasteiger partial charge >= 0.3 is 0 Å². The van der Waals surface area contributed by atoms with E-state index in [0.29, 0.717) is 18.0 Å². The molecule has 116 valence electrons. The zero-order valence-corrected chi connectivity index (χ0v) is 12.6. The molecule has 2 atom stereocenters. The summed E-state index contributed by atoms with van der Waals surface area (Å²) in [5, 5.41) is 0. The van der Waals surface area contributed by atoms with Crippen molar-refractivity contribution in [3.63, 3.8) is 0 Å². The maximum atomic E-state index is 6.51. The van der Waals surface area contributed by atoms with Crippen molar-refractivity contribution in [3.05, 3.63) is 47.2 Å². The molecule has 0 saturated carbocycles. The van der Waals surface area contributed by atoms with Gasteiger partial charge in [-0.25, -0.2) is 20.0 Å². The smallest absolute Gasteiger partial charge is 0.180 e. The van der Waals surface area contributed by atoms with Crippen LogP contribution in [0, 0.1) is 0 Å². The first kappa shape index (κ1) is 14.0. The lowest BCUT2D eigenvalue weighted by atomic mass is 9.90. The standard InChI is InChI=1S/C16H16N6O/c1-10-6-13(23-22-10)12-5-3-2-4-11(12)7-16(17)14-15(19-8-18-14)20-9-21-16/h2-6,8-9,13,22H,7,17H2,1H3. The summed E-state index contributed by atoms with van der Waals surface area (Å²) in [4.78, 5) is 22.4. The van der Waals surface area contributed by atoms with Crippen molar-refractivity contribution in [2.45, 2.75) is 25.1 Å². The molecule has 23 heavy (non-hydrogen) atoms. The number of nitrogens with two attached hydrogens (primary N) is 1. The molecule has 0 radical (unpaired) electrons. The molecule has 2 unspecified atom stereocenters. The second-order valence-electron chi connectivity index (χ2n) is 5.71. The van der Waals surface area contributed by atoms with Crippen LogP contribution in [0.15, 0.2) is 56.0 Å². The molecular formula is C16H16N6O. The van der Waals surface area contributed by atoms with Crippen LogP contribution >= 0.6 is 0 Å². The van der Waals surface area contributed by atoms with Crippen LogP contribution in [0.2, 0.25) is 0 Å². The van der Waals surface area contributed by atoms with Crippen molar-refractivity contribution in [2.75, 3.05) is 0 Å². The fourth-order valence-corrected chi connectivity index (χ4v) is 2.91. The summed E-state index contributed by atoms with van der Waals surface area (Å²) in [5.41, 5.74) is 12.1. The van der Waals surface area contributed by atoms with Crippen molar-refractivity contribution in [3.8, 4) is 0 Å². The van der Waals surface area contributed by atoms with Crippen LogP contribution < -0.4 is 11.2 Å². The molecule has 1 aromatic carbocycles. The van der Waals surface area contributed by atoms with Gasteiger partial charge in [0.25, 0.3) is 0 Å². The van der Waals surface area contributed by atoms with E-state index in [-0.39, 0.29) is 6.10 Å². The predicted molar refractivity (Wildman–Crippen MR) is 89.6 cm³/mol. The van der Waals surface area contributed by atoms with E-state index < -0.39 is 5.66 Å². The van der Waals surface area contributed by atoms with E-state index in [1.807, 2.05) is 37.3 Å². The topological polar surface area (TPSA) is 96.7 Å². The first-order valence-corrected chi connectivity index (χ1v) is 7.35. The Balaban J connectivity index is 1.68. The molecule has 1 aromatic rings. The highest BCUT2D eigenvalue weighted by Crippen LogP contribution is 2.30. The van der Waals surface area contributed by atoms with Gasteiger partial charge in [-0.05, 0) is 24.1 Å². The Morgan fingerprint density at radius 3 is 2.96 bits per heavy atom. The van der Waals surface area contributed by atoms with E-state index in [1.165, 1.54) is 12.7 Å². The number of nitrogens with zero attached hydrogens (tertiary/aromatic N) is 4. The highest BCUT2D eigenvalue weighted by molar-refractivity contribution is 6.50. The quantitative estimate of drug-likeness (QED) is 0.880. The van der Waals surface area contributed by atoms with Gasteiger partial charge < -0.3 is 5.73 Å². The largest absolute Gasteiger partial charge is 0.302 e. The second kappa shape index (κ2) is 5.22. The fraction of sp³-hybridized carbons (Fsp3) is 0.250. The zero-order valence-electron chi connectivity index (χ0n) is 12.6. The van der Waals surface area contributed by atoms with Crippen LogP contribution in [0.1, 0.15) is 24.2 Å². The minimum absolute atomic E-state index is 0.141. The third-order valence-corrected chi connectivity index (χ3v) is 4.03. The van der Waals surface area contributed by atoms with Crippen molar-refractivity contribution in [1.82, 2.24) is 5.48 Å². The van der Waals surface area contributed by atoms with E-state index in [0.717, 1.165) is 16.8 Å². The lowest BCUT2D eigenvalue weighted by Crippen LogP contribution is -2.52. The average molecular weight is 308 g/mol. The number of aliphatic imine (C=N–C) groups is 4. The van der Waals surface area contributed by atoms with Crippen molar-refractivity contribution >= 4 is 24.2 Å². The molecule has 3 heterocycles. The van der Waals surface area contributed by atoms with Crippen LogP contribution in [-0.4, -0.2) is 29.9 Å². The molecule has 0 aliphatic carbocycles. The Bertz CT molecular complexity index is 807. The van der Waals surface area contributed by atoms with Crippen LogP contribution in [-0.2, 0) is 11.3 Å². The second-order valence-corrected chi connectivity index (χ2v) is 5.71. The molecule has 0 saturated heterocycles. The van der Waals surface area contributed by atoms with E-state index >= 15 is 0 Å². The van der Waals surface area contributed by atoms with Gasteiger partial charge in [0.1, 0.15) is 24.5 Å². The van der Waals surface area contributed by atoms with Gasteiger partial charge in [-0.15, -0.1) is 0 Å². The Morgan fingerprint density at radius 2 is 2.13 bits per heavy atom. The number of amidine groups is 1. The molecule has 0 amide bonds. The minimum atomic E-state index is -0.964. The fourth-order valence-electron chi connectivity index (χ4n) is 2.91. The maximum Gasteiger partial charge on any atom is 0.180 e. The summed E-state index contributed by atoms with van der Waals surface area (Å²) < 4.78 is 0. The van der Waals surface area contributed by atoms with Crippen molar-refractivity contribution in [1.29, 1.82) is 0 Å². The number of hydrogen-bond donors (Lipinski definition) is 2. The van der Waals surface area contributed by atoms with E-state index in [1.54, 1.807) is 0 Å². The van der Waals surface area contributed by atoms with Gasteiger partial charge in [-0.2, -0.15) is 0 Å². The SMILES string of the molecule is CC1=CC(c2ccccc2CC2(N)N=CN=C3N=CN=C32)ON1. The molecule has 0 bridgehead atoms. The van der Waals surface area contributed by atoms with Gasteiger partial charge in [0.2, 0.25) is 0 Å². The van der Waals surface area contributed by atoms with Crippen LogP contribution in [0.5, 0.6) is 0 Å². The normalized spacial score (nSPS) is 28.1. The van der Waals surface area contributed by atoms with Gasteiger partial charge in [0, 0.05) is 12.1 Å². The van der Waals surface area contributed by atoms with E-state index in [2.05, 4.69) is 25.4 Å². The molecule has 0 aromatic heterocycles. The Morgan fingerprint density at radius 1 is 1.26 bits per heavy atom. The van der Waals surface area contributed by atoms with Gasteiger partial charge in [-0.3, -0.25) is 10.3 Å². The zero-order chi connectivity index (χ0) is 15.9. The minimum Gasteiger partial charge on any atom is -0.302 e. The van der Waals surface area contributed by atoms with Gasteiger partial charge in [0.05, 0.1) is 0 Å². The monoisotopic (exact) mass is 308 g/mol. The Labute approximate surface area is 133 Å². The lowest BCUT2D eigenvalue weighted by Gasteiger charge is -2.28. The Kier molecular flexibility index (Phi) is 3.17. The molecule has 0 fully saturated rings. The Hall–Kier alpha value is -2.64. The number of hydroxylamine groups is 1. The summed E-state index contributed by atoms with van der Waals surface area (Å²) in [6.45, 7) is 1.96. The molecule has 3 aliphatic rings. The van der Waals surface area contributed by atoms with Gasteiger partial charge in [0.15, 0.2) is 11.5 Å². The van der Waals surface area contributed by atoms with E-state index in [9.17, 15) is 0 Å². The molecule has 3 aliphatic heterocycles. The summed E-state index contributed by atoms with van der Waals surface area (Å²) in [7, 11) is 0. The lowest BCUT2D eigenvalue weighted by molar-refractivity contribution is 0.0416. The molecule has 7 heteroatoms. The first-order chi connectivity index (χ1) is 11.2. The van der Waals surface area contributed by atoms with Gasteiger partial charge in [-0.1, -0.05) is 24.3 Å². The molecule has 7 nitrogen and oxygen atoms in total. The maximum absolute atomic E-state index is 6.51. The highest BCUT2D eigenvalue weighted by Gasteiger charge is 2.38. The predicted octanol–water partition coefficient (Wildman–Crippen LogP) is 1.29. The van der Waals surface area contributed by atoms with Crippen molar-refractivity contribution < 1.29 is 4.84 Å². The summed E-state index contributed by atoms with van der Waals surface area (Å²) in [6, 6.07) is 8.04. The first-order valence-electron chi connectivity index (χ1n) is 7.35. The van der Waals surface area contributed by atoms with Crippen molar-refractivity contribution in [2.24, 2.45) is 25.7 Å². The molecule has 3 N–H and O–H groups in total. The molecule has 4 rings (SSSR count). The number of nitrogens with one attached hydrogen (secondary N) is 1. The summed E-state index contributed by atoms with van der Waals surface area (Å²) in [5.74, 6) is 0.537. The molecular weight excluding hydrogens is 292 g/mol. The number of allylic oxidation sites excluding steroid dienone is 1. The van der Waals surface area contributed by atoms with Crippen LogP contribution in [0.4, 0.5) is 0 Å². The third kappa shape index (κ3) is 2.39. The highest BCUT2D eigenvalue weighted by atomic mass is 16.7. The number of benzene rings is 1.